The SMILES string of the molecule is C[C@H]1O[C@@H](O)C[C@H](O)[C@@H]1OS(=O)(=O)C(F)(F)F. The molecule has 1 saturated heterocycles. The van der Waals surface area contributed by atoms with E-state index in [1.165, 1.54) is 6.92 Å². The van der Waals surface area contributed by atoms with Crippen LogP contribution in [0.2, 0.25) is 0 Å². The molecule has 0 aromatic rings. The molecule has 0 radical (unpaired) electrons. The maximum absolute atomic E-state index is 12.0. The molecule has 1 aliphatic heterocycles. The topological polar surface area (TPSA) is 93.1 Å². The summed E-state index contributed by atoms with van der Waals surface area (Å²) in [5, 5.41) is 18.4. The van der Waals surface area contributed by atoms with E-state index in [0.29, 0.717) is 0 Å². The maximum atomic E-state index is 12.0. The second-order valence-electron chi connectivity index (χ2n) is 3.56. The van der Waals surface area contributed by atoms with Crippen LogP contribution >= 0.6 is 0 Å². The van der Waals surface area contributed by atoms with Crippen molar-refractivity contribution < 1.29 is 40.7 Å². The number of alkyl halides is 3. The van der Waals surface area contributed by atoms with Gasteiger partial charge in [-0.25, -0.2) is 0 Å². The van der Waals surface area contributed by atoms with Gasteiger partial charge in [-0.3, -0.25) is 4.18 Å². The molecule has 0 aromatic heterocycles. The Kier molecular flexibility index (Phi) is 4.04. The Morgan fingerprint density at radius 1 is 1.35 bits per heavy atom. The van der Waals surface area contributed by atoms with Crippen LogP contribution in [-0.2, 0) is 19.0 Å². The van der Waals surface area contributed by atoms with Crippen LogP contribution in [0.1, 0.15) is 13.3 Å². The summed E-state index contributed by atoms with van der Waals surface area (Å²) in [6.45, 7) is 1.18. The Bertz CT molecular complexity index is 354. The smallest absolute Gasteiger partial charge is 0.390 e. The minimum Gasteiger partial charge on any atom is -0.390 e. The third-order valence-corrected chi connectivity index (χ3v) is 3.22. The normalized spacial score (nSPS) is 35.9. The van der Waals surface area contributed by atoms with Gasteiger partial charge in [0.1, 0.15) is 6.10 Å². The van der Waals surface area contributed by atoms with E-state index in [4.69, 9.17) is 5.11 Å². The molecule has 0 spiro atoms. The molecule has 1 fully saturated rings. The molecule has 0 amide bonds. The zero-order chi connectivity index (χ0) is 13.4. The Morgan fingerprint density at radius 2 is 1.88 bits per heavy atom. The quantitative estimate of drug-likeness (QED) is 0.533. The fraction of sp³-hybridized carbons (Fsp3) is 1.00. The molecule has 1 aliphatic rings. The summed E-state index contributed by atoms with van der Waals surface area (Å²) < 4.78 is 66.1. The lowest BCUT2D eigenvalue weighted by Crippen LogP contribution is -2.50. The minimum atomic E-state index is -5.80. The highest BCUT2D eigenvalue weighted by Crippen LogP contribution is 2.30. The van der Waals surface area contributed by atoms with Crippen molar-refractivity contribution in [3.05, 3.63) is 0 Å². The third kappa shape index (κ3) is 3.28. The molecule has 17 heavy (non-hydrogen) atoms. The molecule has 10 heteroatoms. The van der Waals surface area contributed by atoms with Crippen LogP contribution < -0.4 is 0 Å². The van der Waals surface area contributed by atoms with Gasteiger partial charge in [0.2, 0.25) is 0 Å². The first-order chi connectivity index (χ1) is 7.54. The van der Waals surface area contributed by atoms with E-state index in [2.05, 4.69) is 8.92 Å². The Morgan fingerprint density at radius 3 is 2.29 bits per heavy atom. The first-order valence-corrected chi connectivity index (χ1v) is 5.96. The largest absolute Gasteiger partial charge is 0.523 e. The lowest BCUT2D eigenvalue weighted by atomic mass is 10.0. The van der Waals surface area contributed by atoms with Gasteiger partial charge in [-0.2, -0.15) is 21.6 Å². The summed E-state index contributed by atoms with van der Waals surface area (Å²) in [5.41, 5.74) is -5.57. The van der Waals surface area contributed by atoms with Crippen molar-refractivity contribution in [3.63, 3.8) is 0 Å². The van der Waals surface area contributed by atoms with E-state index >= 15 is 0 Å². The number of ether oxygens (including phenoxy) is 1. The zero-order valence-electron chi connectivity index (χ0n) is 8.59. The minimum absolute atomic E-state index is 0.428. The van der Waals surface area contributed by atoms with Crippen LogP contribution in [0.4, 0.5) is 13.2 Å². The van der Waals surface area contributed by atoms with E-state index in [1.807, 2.05) is 0 Å². The summed E-state index contributed by atoms with van der Waals surface area (Å²) in [5.74, 6) is 0. The van der Waals surface area contributed by atoms with Crippen LogP contribution in [0, 0.1) is 0 Å². The molecule has 0 aromatic carbocycles. The zero-order valence-corrected chi connectivity index (χ0v) is 9.40. The maximum Gasteiger partial charge on any atom is 0.523 e. The van der Waals surface area contributed by atoms with Gasteiger partial charge in [0, 0.05) is 6.42 Å². The molecule has 102 valence electrons. The highest BCUT2D eigenvalue weighted by molar-refractivity contribution is 7.87. The first-order valence-electron chi connectivity index (χ1n) is 4.56. The van der Waals surface area contributed by atoms with E-state index in [9.17, 15) is 26.7 Å². The molecular weight excluding hydrogens is 269 g/mol. The van der Waals surface area contributed by atoms with Crippen LogP contribution in [-0.4, -0.2) is 48.7 Å². The highest BCUT2D eigenvalue weighted by Gasteiger charge is 2.51. The van der Waals surface area contributed by atoms with Gasteiger partial charge in [0.25, 0.3) is 0 Å². The van der Waals surface area contributed by atoms with Crippen molar-refractivity contribution >= 4 is 10.1 Å². The van der Waals surface area contributed by atoms with Crippen molar-refractivity contribution in [1.29, 1.82) is 0 Å². The fourth-order valence-electron chi connectivity index (χ4n) is 1.38. The number of aliphatic hydroxyl groups is 2. The standard InChI is InChI=1S/C7H11F3O6S/c1-3-6(4(11)2-5(12)15-3)16-17(13,14)7(8,9)10/h3-6,11-12H,2H2,1H3/t3-,4+,5-,6-/m1/s1. The highest BCUT2D eigenvalue weighted by atomic mass is 32.2. The average Bonchev–Trinajstić information content (AvgIpc) is 2.09. The van der Waals surface area contributed by atoms with E-state index in [0.717, 1.165) is 0 Å². The second kappa shape index (κ2) is 4.69. The molecule has 0 bridgehead atoms. The van der Waals surface area contributed by atoms with Crippen molar-refractivity contribution in [2.45, 2.75) is 43.5 Å². The Hall–Kier alpha value is -0.420. The Balaban J connectivity index is 2.81. The van der Waals surface area contributed by atoms with Crippen molar-refractivity contribution in [3.8, 4) is 0 Å². The molecule has 0 saturated carbocycles. The molecule has 0 unspecified atom stereocenters. The molecule has 1 rings (SSSR count). The molecule has 0 aliphatic carbocycles. The van der Waals surface area contributed by atoms with Gasteiger partial charge < -0.3 is 14.9 Å². The van der Waals surface area contributed by atoms with Crippen LogP contribution in [0.5, 0.6) is 0 Å². The monoisotopic (exact) mass is 280 g/mol. The van der Waals surface area contributed by atoms with Crippen LogP contribution in [0.15, 0.2) is 0 Å². The first kappa shape index (κ1) is 14.6. The summed E-state index contributed by atoms with van der Waals surface area (Å²) in [4.78, 5) is 0. The number of hydrogen-bond donors (Lipinski definition) is 2. The summed E-state index contributed by atoms with van der Waals surface area (Å²) in [7, 11) is -5.80. The van der Waals surface area contributed by atoms with E-state index < -0.39 is 46.6 Å². The molecule has 2 N–H and O–H groups in total. The molecule has 4 atom stereocenters. The summed E-state index contributed by atoms with van der Waals surface area (Å²) in [6, 6.07) is 0. The van der Waals surface area contributed by atoms with Gasteiger partial charge in [0.05, 0.1) is 12.2 Å². The lowest BCUT2D eigenvalue weighted by molar-refractivity contribution is -0.222. The number of rotatable bonds is 2. The predicted octanol–water partition coefficient (Wildman–Crippen LogP) is -0.291. The summed E-state index contributed by atoms with van der Waals surface area (Å²) in [6.07, 6.45) is -6.25. The molecular formula is C7H11F3O6S. The number of aliphatic hydroxyl groups excluding tert-OH is 2. The van der Waals surface area contributed by atoms with Gasteiger partial charge in [-0.05, 0) is 6.92 Å². The van der Waals surface area contributed by atoms with Crippen LogP contribution in [0.25, 0.3) is 0 Å². The number of halogens is 3. The van der Waals surface area contributed by atoms with E-state index in [-0.39, 0.29) is 0 Å². The van der Waals surface area contributed by atoms with Gasteiger partial charge in [-0.1, -0.05) is 0 Å². The molecule has 6 nitrogen and oxygen atoms in total. The van der Waals surface area contributed by atoms with Gasteiger partial charge in [-0.15, -0.1) is 0 Å². The second-order valence-corrected chi connectivity index (χ2v) is 5.12. The van der Waals surface area contributed by atoms with Crippen molar-refractivity contribution in [2.24, 2.45) is 0 Å². The van der Waals surface area contributed by atoms with Gasteiger partial charge >= 0.3 is 15.6 Å². The Labute approximate surface area is 95.1 Å². The van der Waals surface area contributed by atoms with Crippen molar-refractivity contribution in [1.82, 2.24) is 0 Å². The lowest BCUT2D eigenvalue weighted by Gasteiger charge is -2.35. The summed E-state index contributed by atoms with van der Waals surface area (Å²) >= 11 is 0. The van der Waals surface area contributed by atoms with E-state index in [1.54, 1.807) is 0 Å². The predicted molar refractivity (Wildman–Crippen MR) is 47.0 cm³/mol. The average molecular weight is 280 g/mol. The fourth-order valence-corrected chi connectivity index (χ4v) is 2.06. The number of hydrogen-bond acceptors (Lipinski definition) is 6. The third-order valence-electron chi connectivity index (χ3n) is 2.18. The van der Waals surface area contributed by atoms with Gasteiger partial charge in [0.15, 0.2) is 6.29 Å². The van der Waals surface area contributed by atoms with Crippen molar-refractivity contribution in [2.75, 3.05) is 0 Å². The van der Waals surface area contributed by atoms with Crippen LogP contribution in [0.3, 0.4) is 0 Å². The molecule has 1 heterocycles.